The van der Waals surface area contributed by atoms with Crippen molar-refractivity contribution < 1.29 is 13.5 Å². The van der Waals surface area contributed by atoms with E-state index in [1.54, 1.807) is 6.07 Å². The first-order chi connectivity index (χ1) is 6.56. The Kier molecular flexibility index (Phi) is 3.92. The van der Waals surface area contributed by atoms with E-state index in [9.17, 15) is 8.78 Å². The van der Waals surface area contributed by atoms with Crippen LogP contribution in [0.25, 0.3) is 0 Å². The Hall–Kier alpha value is -0.580. The van der Waals surface area contributed by atoms with Gasteiger partial charge >= 0.3 is 6.61 Å². The highest BCUT2D eigenvalue weighted by Gasteiger charge is 2.15. The monoisotopic (exact) mass is 241 g/mol. The van der Waals surface area contributed by atoms with Gasteiger partial charge in [-0.25, -0.2) is 0 Å². The first-order valence-electron chi connectivity index (χ1n) is 3.68. The molecule has 2 nitrogen and oxygen atoms in total. The molecule has 0 aliphatic heterocycles. The molecule has 1 aromatic rings. The highest BCUT2D eigenvalue weighted by molar-refractivity contribution is 6.37. The van der Waals surface area contributed by atoms with Crippen LogP contribution >= 0.6 is 23.2 Å². The van der Waals surface area contributed by atoms with Gasteiger partial charge in [-0.05, 0) is 11.6 Å². The average molecular weight is 242 g/mol. The lowest BCUT2D eigenvalue weighted by atomic mass is 10.2. The highest BCUT2D eigenvalue weighted by atomic mass is 35.5. The summed E-state index contributed by atoms with van der Waals surface area (Å²) >= 11 is 11.4. The molecule has 0 aliphatic rings. The van der Waals surface area contributed by atoms with Gasteiger partial charge in [0.05, 0.1) is 10.0 Å². The standard InChI is InChI=1S/C8H7Cl2F2NO/c9-5-2-1-4(3-13)6(10)7(5)14-8(11)12/h1-2,8H,3,13H2. The molecule has 0 amide bonds. The maximum absolute atomic E-state index is 11.9. The Morgan fingerprint density at radius 3 is 2.50 bits per heavy atom. The van der Waals surface area contributed by atoms with E-state index in [-0.39, 0.29) is 22.3 Å². The third-order valence-electron chi connectivity index (χ3n) is 1.56. The van der Waals surface area contributed by atoms with E-state index in [0.717, 1.165) is 0 Å². The predicted octanol–water partition coefficient (Wildman–Crippen LogP) is 3.05. The Morgan fingerprint density at radius 1 is 1.36 bits per heavy atom. The number of ether oxygens (including phenoxy) is 1. The minimum atomic E-state index is -2.96. The summed E-state index contributed by atoms with van der Waals surface area (Å²) in [7, 11) is 0. The molecule has 0 saturated heterocycles. The second-order valence-corrected chi connectivity index (χ2v) is 3.22. The second kappa shape index (κ2) is 4.77. The summed E-state index contributed by atoms with van der Waals surface area (Å²) in [4.78, 5) is 0. The van der Waals surface area contributed by atoms with E-state index in [1.165, 1.54) is 6.07 Å². The van der Waals surface area contributed by atoms with E-state index < -0.39 is 6.61 Å². The van der Waals surface area contributed by atoms with Crippen LogP contribution in [-0.2, 0) is 6.54 Å². The smallest absolute Gasteiger partial charge is 0.387 e. The fourth-order valence-corrected chi connectivity index (χ4v) is 1.46. The summed E-state index contributed by atoms with van der Waals surface area (Å²) in [6.07, 6.45) is 0. The number of nitrogens with two attached hydrogens (primary N) is 1. The molecule has 0 spiro atoms. The lowest BCUT2D eigenvalue weighted by Crippen LogP contribution is -2.05. The summed E-state index contributed by atoms with van der Waals surface area (Å²) in [5.74, 6) is -0.230. The number of benzene rings is 1. The molecule has 0 fully saturated rings. The Balaban J connectivity index is 3.11. The maximum atomic E-state index is 11.9. The van der Waals surface area contributed by atoms with Crippen molar-refractivity contribution >= 4 is 23.2 Å². The van der Waals surface area contributed by atoms with Crippen molar-refractivity contribution in [2.45, 2.75) is 13.2 Å². The van der Waals surface area contributed by atoms with Gasteiger partial charge in [0.2, 0.25) is 0 Å². The normalized spacial score (nSPS) is 10.7. The number of rotatable bonds is 3. The third-order valence-corrected chi connectivity index (χ3v) is 2.27. The lowest BCUT2D eigenvalue weighted by Gasteiger charge is -2.10. The summed E-state index contributed by atoms with van der Waals surface area (Å²) in [5.41, 5.74) is 5.84. The summed E-state index contributed by atoms with van der Waals surface area (Å²) in [5, 5.41) is 0.0628. The fourth-order valence-electron chi connectivity index (χ4n) is 0.928. The van der Waals surface area contributed by atoms with Crippen molar-refractivity contribution in [3.8, 4) is 5.75 Å². The van der Waals surface area contributed by atoms with Gasteiger partial charge in [0, 0.05) is 6.54 Å². The molecule has 1 rings (SSSR count). The van der Waals surface area contributed by atoms with Crippen molar-refractivity contribution in [3.05, 3.63) is 27.7 Å². The van der Waals surface area contributed by atoms with Crippen molar-refractivity contribution in [3.63, 3.8) is 0 Å². The van der Waals surface area contributed by atoms with Crippen LogP contribution in [-0.4, -0.2) is 6.61 Å². The first kappa shape index (κ1) is 11.5. The van der Waals surface area contributed by atoms with Crippen LogP contribution in [0.2, 0.25) is 10.0 Å². The van der Waals surface area contributed by atoms with Gasteiger partial charge in [-0.3, -0.25) is 0 Å². The van der Waals surface area contributed by atoms with Crippen molar-refractivity contribution in [1.82, 2.24) is 0 Å². The van der Waals surface area contributed by atoms with Crippen LogP contribution in [0.5, 0.6) is 5.75 Å². The molecule has 2 N–H and O–H groups in total. The Labute approximate surface area is 89.6 Å². The highest BCUT2D eigenvalue weighted by Crippen LogP contribution is 2.36. The third kappa shape index (κ3) is 2.47. The maximum Gasteiger partial charge on any atom is 0.387 e. The van der Waals surface area contributed by atoms with E-state index >= 15 is 0 Å². The van der Waals surface area contributed by atoms with E-state index in [2.05, 4.69) is 4.74 Å². The number of hydrogen-bond donors (Lipinski definition) is 1. The molecule has 0 heterocycles. The molecule has 0 saturated carbocycles. The molecular formula is C8H7Cl2F2NO. The molecule has 0 bridgehead atoms. The molecule has 0 aliphatic carbocycles. The molecule has 14 heavy (non-hydrogen) atoms. The van der Waals surface area contributed by atoms with Gasteiger partial charge in [0.15, 0.2) is 5.75 Å². The molecule has 1 aromatic carbocycles. The quantitative estimate of drug-likeness (QED) is 0.883. The predicted molar refractivity (Wildman–Crippen MR) is 51.0 cm³/mol. The summed E-state index contributed by atoms with van der Waals surface area (Å²) in [6, 6.07) is 2.97. The topological polar surface area (TPSA) is 35.2 Å². The second-order valence-electron chi connectivity index (χ2n) is 2.43. The SMILES string of the molecule is NCc1ccc(Cl)c(OC(F)F)c1Cl. The van der Waals surface area contributed by atoms with Gasteiger partial charge in [-0.2, -0.15) is 8.78 Å². The number of halogens is 4. The molecule has 0 atom stereocenters. The van der Waals surface area contributed by atoms with Crippen molar-refractivity contribution in [2.75, 3.05) is 0 Å². The lowest BCUT2D eigenvalue weighted by molar-refractivity contribution is -0.0497. The molecule has 78 valence electrons. The zero-order valence-electron chi connectivity index (χ0n) is 6.94. The van der Waals surface area contributed by atoms with Crippen LogP contribution in [0.3, 0.4) is 0 Å². The van der Waals surface area contributed by atoms with E-state index in [1.807, 2.05) is 0 Å². The summed E-state index contributed by atoms with van der Waals surface area (Å²) < 4.78 is 28.1. The number of alkyl halides is 2. The van der Waals surface area contributed by atoms with Gasteiger partial charge in [0.25, 0.3) is 0 Å². The van der Waals surface area contributed by atoms with Gasteiger partial charge < -0.3 is 10.5 Å². The summed E-state index contributed by atoms with van der Waals surface area (Å²) in [6.45, 7) is -2.83. The van der Waals surface area contributed by atoms with Crippen LogP contribution in [0.1, 0.15) is 5.56 Å². The van der Waals surface area contributed by atoms with Crippen molar-refractivity contribution in [2.24, 2.45) is 5.73 Å². The van der Waals surface area contributed by atoms with Gasteiger partial charge in [-0.15, -0.1) is 0 Å². The molecular weight excluding hydrogens is 235 g/mol. The van der Waals surface area contributed by atoms with Crippen LogP contribution in [0, 0.1) is 0 Å². The molecule has 6 heteroatoms. The van der Waals surface area contributed by atoms with Crippen LogP contribution in [0.15, 0.2) is 12.1 Å². The minimum absolute atomic E-state index is 0.0281. The van der Waals surface area contributed by atoms with E-state index in [0.29, 0.717) is 5.56 Å². The molecule has 0 radical (unpaired) electrons. The average Bonchev–Trinajstić information content (AvgIpc) is 2.12. The minimum Gasteiger partial charge on any atom is -0.432 e. The van der Waals surface area contributed by atoms with Gasteiger partial charge in [-0.1, -0.05) is 29.3 Å². The Bertz CT molecular complexity index is 333. The molecule has 0 unspecified atom stereocenters. The first-order valence-corrected chi connectivity index (χ1v) is 4.43. The zero-order valence-corrected chi connectivity index (χ0v) is 8.45. The van der Waals surface area contributed by atoms with Gasteiger partial charge in [0.1, 0.15) is 0 Å². The fraction of sp³-hybridized carbons (Fsp3) is 0.250. The van der Waals surface area contributed by atoms with E-state index in [4.69, 9.17) is 28.9 Å². The largest absolute Gasteiger partial charge is 0.432 e. The van der Waals surface area contributed by atoms with Crippen LogP contribution < -0.4 is 10.5 Å². The molecule has 0 aromatic heterocycles. The Morgan fingerprint density at radius 2 is 2.00 bits per heavy atom. The van der Waals surface area contributed by atoms with Crippen molar-refractivity contribution in [1.29, 1.82) is 0 Å². The zero-order chi connectivity index (χ0) is 10.7. The van der Waals surface area contributed by atoms with Crippen LogP contribution in [0.4, 0.5) is 8.78 Å². The number of hydrogen-bond acceptors (Lipinski definition) is 2.